The van der Waals surface area contributed by atoms with Crippen molar-refractivity contribution in [2.24, 2.45) is 5.92 Å². The first kappa shape index (κ1) is 16.1. The van der Waals surface area contributed by atoms with Crippen molar-refractivity contribution in [3.63, 3.8) is 0 Å². The highest BCUT2D eigenvalue weighted by Crippen LogP contribution is 2.24. The zero-order valence-electron chi connectivity index (χ0n) is 14.9. The van der Waals surface area contributed by atoms with Crippen LogP contribution in [0.15, 0.2) is 30.5 Å². The number of nitrogens with zero attached hydrogens (tertiary/aromatic N) is 5. The van der Waals surface area contributed by atoms with Crippen LogP contribution in [0.25, 0.3) is 0 Å². The van der Waals surface area contributed by atoms with E-state index in [-0.39, 0.29) is 0 Å². The molecule has 2 saturated heterocycles. The molecule has 4 rings (SSSR count). The second-order valence-electron chi connectivity index (χ2n) is 7.20. The Hall–Kier alpha value is -2.37. The van der Waals surface area contributed by atoms with E-state index in [9.17, 15) is 0 Å². The lowest BCUT2D eigenvalue weighted by Gasteiger charge is -2.31. The molecule has 0 saturated carbocycles. The fraction of sp³-hybridized carbons (Fsp3) is 0.526. The van der Waals surface area contributed by atoms with Gasteiger partial charge in [-0.1, -0.05) is 6.92 Å². The maximum absolute atomic E-state index is 4.66. The topological polar surface area (TPSA) is 57.2 Å². The van der Waals surface area contributed by atoms with Gasteiger partial charge < -0.3 is 15.1 Å². The van der Waals surface area contributed by atoms with Crippen molar-refractivity contribution >= 4 is 23.1 Å². The highest BCUT2D eigenvalue weighted by Gasteiger charge is 2.18. The van der Waals surface area contributed by atoms with Gasteiger partial charge in [-0.25, -0.2) is 0 Å². The van der Waals surface area contributed by atoms with Crippen molar-refractivity contribution in [3.8, 4) is 0 Å². The molecule has 0 aliphatic carbocycles. The monoisotopic (exact) mass is 338 g/mol. The van der Waals surface area contributed by atoms with E-state index in [0.29, 0.717) is 11.9 Å². The van der Waals surface area contributed by atoms with Gasteiger partial charge in [-0.05, 0) is 55.9 Å². The van der Waals surface area contributed by atoms with E-state index < -0.39 is 0 Å². The Balaban J connectivity index is 1.44. The predicted molar refractivity (Wildman–Crippen MR) is 102 cm³/mol. The summed E-state index contributed by atoms with van der Waals surface area (Å²) in [6.07, 6.45) is 6.86. The average molecular weight is 338 g/mol. The second kappa shape index (κ2) is 7.25. The maximum atomic E-state index is 4.66. The summed E-state index contributed by atoms with van der Waals surface area (Å²) in [5, 5.41) is 11.6. The number of rotatable bonds is 4. The van der Waals surface area contributed by atoms with Crippen molar-refractivity contribution in [3.05, 3.63) is 30.5 Å². The van der Waals surface area contributed by atoms with Crippen LogP contribution in [0.5, 0.6) is 0 Å². The van der Waals surface area contributed by atoms with Crippen LogP contribution in [0.4, 0.5) is 23.1 Å². The summed E-state index contributed by atoms with van der Waals surface area (Å²) < 4.78 is 0. The number of benzene rings is 1. The van der Waals surface area contributed by atoms with Gasteiger partial charge in [-0.3, -0.25) is 0 Å². The number of anilines is 4. The summed E-state index contributed by atoms with van der Waals surface area (Å²) in [6.45, 7) is 6.71. The summed E-state index contributed by atoms with van der Waals surface area (Å²) in [5.41, 5.74) is 2.28. The lowest BCUT2D eigenvalue weighted by molar-refractivity contribution is 0.444. The van der Waals surface area contributed by atoms with Gasteiger partial charge >= 0.3 is 0 Å². The van der Waals surface area contributed by atoms with Crippen molar-refractivity contribution in [1.82, 2.24) is 15.2 Å². The Kier molecular flexibility index (Phi) is 4.68. The third kappa shape index (κ3) is 3.83. The Morgan fingerprint density at radius 1 is 1.00 bits per heavy atom. The molecule has 2 fully saturated rings. The van der Waals surface area contributed by atoms with Gasteiger partial charge in [-0.2, -0.15) is 10.1 Å². The molecule has 1 unspecified atom stereocenters. The van der Waals surface area contributed by atoms with Crippen molar-refractivity contribution < 1.29 is 0 Å². The third-order valence-electron chi connectivity index (χ3n) is 5.12. The molecular weight excluding hydrogens is 312 g/mol. The predicted octanol–water partition coefficient (Wildman–Crippen LogP) is 3.45. The van der Waals surface area contributed by atoms with Crippen LogP contribution < -0.4 is 15.1 Å². The van der Waals surface area contributed by atoms with Crippen LogP contribution in [-0.2, 0) is 0 Å². The summed E-state index contributed by atoms with van der Waals surface area (Å²) in [6, 6.07) is 8.51. The Morgan fingerprint density at radius 3 is 2.52 bits per heavy atom. The van der Waals surface area contributed by atoms with Gasteiger partial charge in [0.15, 0.2) is 5.82 Å². The molecule has 0 amide bonds. The summed E-state index contributed by atoms with van der Waals surface area (Å²) in [4.78, 5) is 9.40. The summed E-state index contributed by atoms with van der Waals surface area (Å²) in [7, 11) is 0. The molecule has 2 aliphatic rings. The fourth-order valence-corrected chi connectivity index (χ4v) is 3.76. The average Bonchev–Trinajstić information content (AvgIpc) is 3.17. The van der Waals surface area contributed by atoms with E-state index in [1.165, 1.54) is 31.4 Å². The van der Waals surface area contributed by atoms with Crippen LogP contribution in [0.2, 0.25) is 0 Å². The quantitative estimate of drug-likeness (QED) is 0.921. The van der Waals surface area contributed by atoms with E-state index >= 15 is 0 Å². The molecule has 3 heterocycles. The van der Waals surface area contributed by atoms with Gasteiger partial charge in [0.2, 0.25) is 5.95 Å². The molecule has 0 radical (unpaired) electrons. The molecule has 2 aliphatic heterocycles. The van der Waals surface area contributed by atoms with Crippen LogP contribution >= 0.6 is 0 Å². The van der Waals surface area contributed by atoms with E-state index in [4.69, 9.17) is 0 Å². The number of nitrogens with one attached hydrogen (secondary N) is 1. The zero-order chi connectivity index (χ0) is 17.1. The lowest BCUT2D eigenvalue weighted by Crippen LogP contribution is -2.35. The summed E-state index contributed by atoms with van der Waals surface area (Å²) in [5.74, 6) is 2.18. The zero-order valence-corrected chi connectivity index (χ0v) is 14.9. The molecule has 1 N–H and O–H groups in total. The Bertz CT molecular complexity index is 695. The van der Waals surface area contributed by atoms with Gasteiger partial charge in [0.05, 0.1) is 6.20 Å². The molecule has 6 nitrogen and oxygen atoms in total. The normalized spacial score (nSPS) is 20.8. The first-order valence-electron chi connectivity index (χ1n) is 9.35. The van der Waals surface area contributed by atoms with Crippen molar-refractivity contribution in [1.29, 1.82) is 0 Å². The van der Waals surface area contributed by atoms with E-state index in [0.717, 1.165) is 37.7 Å². The van der Waals surface area contributed by atoms with Gasteiger partial charge in [0.25, 0.3) is 0 Å². The molecule has 0 bridgehead atoms. The summed E-state index contributed by atoms with van der Waals surface area (Å²) >= 11 is 0. The van der Waals surface area contributed by atoms with E-state index in [2.05, 4.69) is 61.5 Å². The van der Waals surface area contributed by atoms with Crippen LogP contribution in [0.1, 0.15) is 32.6 Å². The molecule has 1 atom stereocenters. The molecule has 6 heteroatoms. The molecule has 132 valence electrons. The SMILES string of the molecule is CC1CCCN(c2cnnc(Nc3ccc(N4CCCC4)cc3)n2)C1. The smallest absolute Gasteiger partial charge is 0.249 e. The molecule has 25 heavy (non-hydrogen) atoms. The van der Waals surface area contributed by atoms with Gasteiger partial charge in [0, 0.05) is 37.6 Å². The number of piperidine rings is 1. The lowest BCUT2D eigenvalue weighted by atomic mass is 10.0. The molecule has 1 aromatic carbocycles. The molecular formula is C19H26N6. The second-order valence-corrected chi connectivity index (χ2v) is 7.20. The fourth-order valence-electron chi connectivity index (χ4n) is 3.76. The largest absolute Gasteiger partial charge is 0.372 e. The van der Waals surface area contributed by atoms with E-state index in [1.54, 1.807) is 6.20 Å². The van der Waals surface area contributed by atoms with Gasteiger partial charge in [-0.15, -0.1) is 5.10 Å². The van der Waals surface area contributed by atoms with E-state index in [1.807, 2.05) is 0 Å². The minimum Gasteiger partial charge on any atom is -0.372 e. The van der Waals surface area contributed by atoms with Crippen molar-refractivity contribution in [2.75, 3.05) is 41.3 Å². The minimum absolute atomic E-state index is 0.560. The van der Waals surface area contributed by atoms with Crippen LogP contribution in [0, 0.1) is 5.92 Å². The maximum Gasteiger partial charge on any atom is 0.249 e. The Labute approximate surface area is 149 Å². The molecule has 2 aromatic rings. The minimum atomic E-state index is 0.560. The van der Waals surface area contributed by atoms with Crippen LogP contribution in [-0.4, -0.2) is 41.4 Å². The first-order valence-corrected chi connectivity index (χ1v) is 9.35. The van der Waals surface area contributed by atoms with Crippen molar-refractivity contribution in [2.45, 2.75) is 32.6 Å². The number of hydrogen-bond acceptors (Lipinski definition) is 6. The highest BCUT2D eigenvalue weighted by molar-refractivity contribution is 5.60. The molecule has 1 aromatic heterocycles. The molecule has 0 spiro atoms. The highest BCUT2D eigenvalue weighted by atomic mass is 15.3. The third-order valence-corrected chi connectivity index (χ3v) is 5.12. The standard InChI is InChI=1S/C19H26N6/c1-15-5-4-12-25(14-15)18-13-20-23-19(22-18)21-16-6-8-17(9-7-16)24-10-2-3-11-24/h6-9,13,15H,2-5,10-12,14H2,1H3,(H,21,22,23). The van der Waals surface area contributed by atoms with Crippen LogP contribution in [0.3, 0.4) is 0 Å². The van der Waals surface area contributed by atoms with Gasteiger partial charge in [0.1, 0.15) is 0 Å². The first-order chi connectivity index (χ1) is 12.3. The number of aromatic nitrogens is 3. The Morgan fingerprint density at radius 2 is 1.76 bits per heavy atom. The number of hydrogen-bond donors (Lipinski definition) is 1.